The van der Waals surface area contributed by atoms with E-state index in [9.17, 15) is 9.59 Å². The predicted molar refractivity (Wildman–Crippen MR) is 154 cm³/mol. The lowest BCUT2D eigenvalue weighted by atomic mass is 9.95. The number of hydrogen-bond acceptors (Lipinski definition) is 7. The van der Waals surface area contributed by atoms with Crippen molar-refractivity contribution in [2.45, 2.75) is 39.8 Å². The molecule has 2 aromatic heterocycles. The molecule has 5 rings (SSSR count). The number of nitrogens with zero attached hydrogens (tertiary/aromatic N) is 2. The largest absolute Gasteiger partial charge is 0.491 e. The summed E-state index contributed by atoms with van der Waals surface area (Å²) in [7, 11) is 0. The van der Waals surface area contributed by atoms with Gasteiger partial charge in [-0.3, -0.25) is 9.36 Å². The Balaban J connectivity index is 1.66. The lowest BCUT2D eigenvalue weighted by Crippen LogP contribution is -2.40. The molecule has 0 radical (unpaired) electrons. The summed E-state index contributed by atoms with van der Waals surface area (Å²) in [5.41, 5.74) is 2.15. The first-order valence-electron chi connectivity index (χ1n) is 12.6. The van der Waals surface area contributed by atoms with Gasteiger partial charge in [0.2, 0.25) is 0 Å². The number of carbonyl (C=O) groups excluding carboxylic acids is 1. The highest BCUT2D eigenvalue weighted by Crippen LogP contribution is 2.36. The van der Waals surface area contributed by atoms with Crippen LogP contribution in [-0.2, 0) is 9.53 Å². The van der Waals surface area contributed by atoms with Crippen molar-refractivity contribution < 1.29 is 18.7 Å². The van der Waals surface area contributed by atoms with Gasteiger partial charge < -0.3 is 13.9 Å². The number of rotatable bonds is 7. The van der Waals surface area contributed by atoms with Crippen LogP contribution in [0.3, 0.4) is 0 Å². The van der Waals surface area contributed by atoms with E-state index in [1.807, 2.05) is 74.5 Å². The standard InChI is InChI=1S/C30H27BrN2O5S/c1-5-36-29(35)26-18(4)32-30-33(27(26)22-8-6-7-9-24(22)37-17(2)3)28(34)25(39-30)16-21-14-15-23(38-21)19-10-12-20(31)13-11-19/h6-17,27H,5H2,1-4H3/b25-16-/t27-/m1/s1. The number of para-hydroxylation sites is 1. The molecule has 1 aliphatic heterocycles. The van der Waals surface area contributed by atoms with Crippen LogP contribution in [0.2, 0.25) is 0 Å². The van der Waals surface area contributed by atoms with E-state index in [4.69, 9.17) is 13.9 Å². The van der Waals surface area contributed by atoms with Gasteiger partial charge in [0.05, 0.1) is 28.5 Å². The van der Waals surface area contributed by atoms with E-state index >= 15 is 0 Å². The maximum absolute atomic E-state index is 13.9. The zero-order valence-corrected chi connectivity index (χ0v) is 24.3. The van der Waals surface area contributed by atoms with Gasteiger partial charge in [-0.2, -0.15) is 0 Å². The quantitative estimate of drug-likeness (QED) is 0.255. The van der Waals surface area contributed by atoms with Crippen LogP contribution in [0.5, 0.6) is 5.75 Å². The summed E-state index contributed by atoms with van der Waals surface area (Å²) >= 11 is 4.69. The number of esters is 1. The average molecular weight is 608 g/mol. The lowest BCUT2D eigenvalue weighted by molar-refractivity contribution is -0.139. The molecule has 2 aromatic carbocycles. The molecule has 0 aliphatic carbocycles. The number of aromatic nitrogens is 1. The minimum Gasteiger partial charge on any atom is -0.491 e. The van der Waals surface area contributed by atoms with Gasteiger partial charge >= 0.3 is 5.97 Å². The van der Waals surface area contributed by atoms with Crippen molar-refractivity contribution in [3.8, 4) is 17.1 Å². The first-order chi connectivity index (χ1) is 18.8. The highest BCUT2D eigenvalue weighted by Gasteiger charge is 2.35. The Morgan fingerprint density at radius 3 is 2.62 bits per heavy atom. The SMILES string of the molecule is CCOC(=O)C1=C(C)N=c2s/c(=C\c3ccc(-c4ccc(Br)cc4)o3)c(=O)n2[C@@H]1c1ccccc1OC(C)C. The topological polar surface area (TPSA) is 83.0 Å². The fourth-order valence-corrected chi connectivity index (χ4v) is 5.77. The molecule has 200 valence electrons. The molecule has 0 amide bonds. The maximum Gasteiger partial charge on any atom is 0.338 e. The Morgan fingerprint density at radius 2 is 1.90 bits per heavy atom. The number of fused-ring (bicyclic) bond motifs is 1. The summed E-state index contributed by atoms with van der Waals surface area (Å²) in [6.07, 6.45) is 1.61. The predicted octanol–water partition coefficient (Wildman–Crippen LogP) is 5.61. The Bertz CT molecular complexity index is 1740. The van der Waals surface area contributed by atoms with E-state index in [1.165, 1.54) is 11.3 Å². The highest BCUT2D eigenvalue weighted by molar-refractivity contribution is 9.10. The average Bonchev–Trinajstić information content (AvgIpc) is 3.48. The van der Waals surface area contributed by atoms with Gasteiger partial charge in [-0.05, 0) is 58.0 Å². The normalized spacial score (nSPS) is 15.3. The fraction of sp³-hybridized carbons (Fsp3) is 0.233. The number of ether oxygens (including phenoxy) is 2. The second-order valence-electron chi connectivity index (χ2n) is 9.22. The highest BCUT2D eigenvalue weighted by atomic mass is 79.9. The minimum atomic E-state index is -0.757. The second-order valence-corrected chi connectivity index (χ2v) is 11.1. The first-order valence-corrected chi connectivity index (χ1v) is 14.2. The van der Waals surface area contributed by atoms with E-state index in [1.54, 1.807) is 24.5 Å². The first kappa shape index (κ1) is 26.9. The van der Waals surface area contributed by atoms with Crippen LogP contribution >= 0.6 is 27.3 Å². The molecule has 0 bridgehead atoms. The van der Waals surface area contributed by atoms with Crippen molar-refractivity contribution in [1.29, 1.82) is 0 Å². The fourth-order valence-electron chi connectivity index (χ4n) is 4.48. The molecule has 7 nitrogen and oxygen atoms in total. The minimum absolute atomic E-state index is 0.100. The Kier molecular flexibility index (Phi) is 7.72. The summed E-state index contributed by atoms with van der Waals surface area (Å²) in [6.45, 7) is 7.58. The summed E-state index contributed by atoms with van der Waals surface area (Å²) in [5.74, 6) is 1.32. The number of furan rings is 1. The van der Waals surface area contributed by atoms with Crippen molar-refractivity contribution >= 4 is 39.3 Å². The van der Waals surface area contributed by atoms with E-state index in [-0.39, 0.29) is 18.3 Å². The monoisotopic (exact) mass is 606 g/mol. The number of thiazole rings is 1. The zero-order chi connectivity index (χ0) is 27.7. The van der Waals surface area contributed by atoms with Crippen molar-refractivity contribution in [1.82, 2.24) is 4.57 Å². The molecule has 0 saturated carbocycles. The number of allylic oxidation sites excluding steroid dienone is 1. The number of benzene rings is 2. The van der Waals surface area contributed by atoms with Gasteiger partial charge in [0, 0.05) is 21.7 Å². The lowest BCUT2D eigenvalue weighted by Gasteiger charge is -2.26. The summed E-state index contributed by atoms with van der Waals surface area (Å²) in [5, 5.41) is 0. The molecule has 1 aliphatic rings. The van der Waals surface area contributed by atoms with Crippen molar-refractivity contribution in [3.63, 3.8) is 0 Å². The number of carbonyl (C=O) groups is 1. The van der Waals surface area contributed by atoms with Crippen LogP contribution in [0.4, 0.5) is 0 Å². The van der Waals surface area contributed by atoms with E-state index < -0.39 is 12.0 Å². The number of halogens is 1. The molecule has 39 heavy (non-hydrogen) atoms. The third-order valence-corrected chi connectivity index (χ3v) is 7.63. The summed E-state index contributed by atoms with van der Waals surface area (Å²) in [4.78, 5) is 32.2. The smallest absolute Gasteiger partial charge is 0.338 e. The molecule has 0 unspecified atom stereocenters. The molecule has 3 heterocycles. The Hall–Kier alpha value is -3.69. The molecule has 9 heteroatoms. The van der Waals surface area contributed by atoms with Crippen LogP contribution in [0.1, 0.15) is 45.1 Å². The third kappa shape index (κ3) is 5.42. The van der Waals surface area contributed by atoms with Gasteiger partial charge in [-0.15, -0.1) is 0 Å². The molecule has 1 atom stereocenters. The van der Waals surface area contributed by atoms with Gasteiger partial charge in [-0.25, -0.2) is 9.79 Å². The molecule has 4 aromatic rings. The molecule has 0 N–H and O–H groups in total. The second kappa shape index (κ2) is 11.2. The van der Waals surface area contributed by atoms with Gasteiger partial charge in [0.15, 0.2) is 4.80 Å². The molecule has 0 saturated heterocycles. The molecular formula is C30H27BrN2O5S. The molecular weight excluding hydrogens is 580 g/mol. The van der Waals surface area contributed by atoms with Crippen LogP contribution in [0, 0.1) is 0 Å². The Labute approximate surface area is 237 Å². The van der Waals surface area contributed by atoms with Crippen molar-refractivity contribution in [2.75, 3.05) is 6.61 Å². The van der Waals surface area contributed by atoms with Crippen LogP contribution in [0.25, 0.3) is 17.4 Å². The van der Waals surface area contributed by atoms with Crippen LogP contribution < -0.4 is 19.6 Å². The van der Waals surface area contributed by atoms with Gasteiger partial charge in [0.25, 0.3) is 5.56 Å². The van der Waals surface area contributed by atoms with E-state index in [0.717, 1.165) is 10.0 Å². The third-order valence-electron chi connectivity index (χ3n) is 6.12. The summed E-state index contributed by atoms with van der Waals surface area (Å²) < 4.78 is 20.5. The molecule has 0 fully saturated rings. The molecule has 0 spiro atoms. The summed E-state index contributed by atoms with van der Waals surface area (Å²) in [6, 6.07) is 18.2. The van der Waals surface area contributed by atoms with E-state index in [0.29, 0.717) is 43.4 Å². The van der Waals surface area contributed by atoms with Gasteiger partial charge in [0.1, 0.15) is 23.3 Å². The Morgan fingerprint density at radius 1 is 1.15 bits per heavy atom. The van der Waals surface area contributed by atoms with Crippen LogP contribution in [0.15, 0.2) is 90.6 Å². The maximum atomic E-state index is 13.9. The number of hydrogen-bond donors (Lipinski definition) is 0. The van der Waals surface area contributed by atoms with E-state index in [2.05, 4.69) is 20.9 Å². The van der Waals surface area contributed by atoms with Crippen molar-refractivity contribution in [2.24, 2.45) is 4.99 Å². The van der Waals surface area contributed by atoms with Crippen LogP contribution in [-0.4, -0.2) is 23.2 Å². The zero-order valence-electron chi connectivity index (χ0n) is 21.9. The van der Waals surface area contributed by atoms with Gasteiger partial charge in [-0.1, -0.05) is 57.6 Å². The van der Waals surface area contributed by atoms with Crippen molar-refractivity contribution in [3.05, 3.63) is 107 Å².